The predicted octanol–water partition coefficient (Wildman–Crippen LogP) is 3.20. The fourth-order valence-electron chi connectivity index (χ4n) is 2.39. The second-order valence-electron chi connectivity index (χ2n) is 5.97. The number of non-ortho nitro benzene ring substituents is 1. The first-order valence-electron chi connectivity index (χ1n) is 9.26. The van der Waals surface area contributed by atoms with Crippen molar-refractivity contribution in [3.05, 3.63) is 39.9 Å². The van der Waals surface area contributed by atoms with Gasteiger partial charge in [0.15, 0.2) is 0 Å². The lowest BCUT2D eigenvalue weighted by atomic mass is 10.1. The largest absolute Gasteiger partial charge is 0.466 e. The fraction of sp³-hybridized carbons (Fsp3) is 0.579. The standard InChI is InChI=1S/C19H28N2O6/c1-3-5-14-26-15-6-12-20(13-11-18(22)27-4-2)19(23)16-7-9-17(10-8-16)21(24)25/h7-10H,3-6,11-15H2,1-2H3. The van der Waals surface area contributed by atoms with E-state index in [4.69, 9.17) is 9.47 Å². The summed E-state index contributed by atoms with van der Waals surface area (Å²) in [6.45, 7) is 5.99. The molecule has 8 heteroatoms. The first-order valence-corrected chi connectivity index (χ1v) is 9.26. The molecule has 0 aliphatic carbocycles. The highest BCUT2D eigenvalue weighted by Crippen LogP contribution is 2.14. The maximum Gasteiger partial charge on any atom is 0.307 e. The van der Waals surface area contributed by atoms with E-state index in [-0.39, 0.29) is 30.5 Å². The minimum Gasteiger partial charge on any atom is -0.466 e. The molecule has 1 aromatic rings. The molecule has 1 aromatic carbocycles. The van der Waals surface area contributed by atoms with Gasteiger partial charge in [0.2, 0.25) is 0 Å². The summed E-state index contributed by atoms with van der Waals surface area (Å²) in [7, 11) is 0. The van der Waals surface area contributed by atoms with Crippen LogP contribution < -0.4 is 0 Å². The highest BCUT2D eigenvalue weighted by Gasteiger charge is 2.18. The summed E-state index contributed by atoms with van der Waals surface area (Å²) in [6.07, 6.45) is 2.80. The average Bonchev–Trinajstić information content (AvgIpc) is 2.66. The monoisotopic (exact) mass is 380 g/mol. The van der Waals surface area contributed by atoms with E-state index in [0.717, 1.165) is 12.8 Å². The highest BCUT2D eigenvalue weighted by molar-refractivity contribution is 5.94. The molecule has 0 aromatic heterocycles. The van der Waals surface area contributed by atoms with Crippen LogP contribution in [0.4, 0.5) is 5.69 Å². The van der Waals surface area contributed by atoms with Crippen LogP contribution in [0.25, 0.3) is 0 Å². The van der Waals surface area contributed by atoms with E-state index in [0.29, 0.717) is 38.3 Å². The van der Waals surface area contributed by atoms with Gasteiger partial charge in [0.05, 0.1) is 18.0 Å². The van der Waals surface area contributed by atoms with Gasteiger partial charge in [-0.15, -0.1) is 0 Å². The van der Waals surface area contributed by atoms with E-state index in [2.05, 4.69) is 6.92 Å². The Morgan fingerprint density at radius 1 is 1.07 bits per heavy atom. The molecule has 0 atom stereocenters. The highest BCUT2D eigenvalue weighted by atomic mass is 16.6. The number of amides is 1. The SMILES string of the molecule is CCCCOCCCN(CCC(=O)OCC)C(=O)c1ccc([N+](=O)[O-])cc1. The third kappa shape index (κ3) is 8.63. The third-order valence-electron chi connectivity index (χ3n) is 3.86. The van der Waals surface area contributed by atoms with Gasteiger partial charge in [-0.2, -0.15) is 0 Å². The van der Waals surface area contributed by atoms with Gasteiger partial charge in [0.25, 0.3) is 11.6 Å². The molecule has 0 unspecified atom stereocenters. The van der Waals surface area contributed by atoms with Crippen LogP contribution in [0.3, 0.4) is 0 Å². The zero-order valence-electron chi connectivity index (χ0n) is 16.0. The molecule has 0 bridgehead atoms. The number of carbonyl (C=O) groups is 2. The molecule has 27 heavy (non-hydrogen) atoms. The van der Waals surface area contributed by atoms with E-state index in [9.17, 15) is 19.7 Å². The summed E-state index contributed by atoms with van der Waals surface area (Å²) >= 11 is 0. The summed E-state index contributed by atoms with van der Waals surface area (Å²) in [5.41, 5.74) is 0.269. The molecule has 0 fully saturated rings. The molecule has 0 heterocycles. The molecule has 1 rings (SSSR count). The third-order valence-corrected chi connectivity index (χ3v) is 3.86. The molecule has 0 aliphatic rings. The lowest BCUT2D eigenvalue weighted by molar-refractivity contribution is -0.384. The number of hydrogen-bond acceptors (Lipinski definition) is 6. The van der Waals surface area contributed by atoms with Gasteiger partial charge < -0.3 is 14.4 Å². The smallest absolute Gasteiger partial charge is 0.307 e. The maximum absolute atomic E-state index is 12.7. The molecular weight excluding hydrogens is 352 g/mol. The quantitative estimate of drug-likeness (QED) is 0.225. The average molecular weight is 380 g/mol. The maximum atomic E-state index is 12.7. The molecule has 0 aliphatic heterocycles. The zero-order chi connectivity index (χ0) is 20.1. The zero-order valence-corrected chi connectivity index (χ0v) is 16.0. The van der Waals surface area contributed by atoms with Crippen molar-refractivity contribution >= 4 is 17.6 Å². The van der Waals surface area contributed by atoms with Crippen LogP contribution in [0.2, 0.25) is 0 Å². The van der Waals surface area contributed by atoms with E-state index in [1.807, 2.05) is 0 Å². The molecule has 0 spiro atoms. The van der Waals surface area contributed by atoms with Crippen molar-refractivity contribution in [3.63, 3.8) is 0 Å². The summed E-state index contributed by atoms with van der Waals surface area (Å²) in [5.74, 6) is -0.638. The Hall–Kier alpha value is -2.48. The minimum absolute atomic E-state index is 0.0750. The van der Waals surface area contributed by atoms with Crippen LogP contribution in [-0.4, -0.2) is 54.6 Å². The van der Waals surface area contributed by atoms with Crippen molar-refractivity contribution in [2.45, 2.75) is 39.5 Å². The number of benzene rings is 1. The van der Waals surface area contributed by atoms with Crippen LogP contribution >= 0.6 is 0 Å². The topological polar surface area (TPSA) is 99.0 Å². The molecular formula is C19H28N2O6. The predicted molar refractivity (Wildman–Crippen MR) is 101 cm³/mol. The molecule has 0 N–H and O–H groups in total. The Balaban J connectivity index is 2.67. The number of nitrogens with zero attached hydrogens (tertiary/aromatic N) is 2. The minimum atomic E-state index is -0.513. The summed E-state index contributed by atoms with van der Waals surface area (Å²) in [6, 6.07) is 5.44. The van der Waals surface area contributed by atoms with Gasteiger partial charge in [-0.1, -0.05) is 13.3 Å². The lowest BCUT2D eigenvalue weighted by Crippen LogP contribution is -2.34. The van der Waals surface area contributed by atoms with Gasteiger partial charge in [-0.05, 0) is 31.9 Å². The molecule has 0 saturated heterocycles. The van der Waals surface area contributed by atoms with Crippen LogP contribution in [0.1, 0.15) is 49.9 Å². The van der Waals surface area contributed by atoms with E-state index in [1.165, 1.54) is 24.3 Å². The number of ether oxygens (including phenoxy) is 2. The Bertz CT molecular complexity index is 603. The number of hydrogen-bond donors (Lipinski definition) is 0. The van der Waals surface area contributed by atoms with Gasteiger partial charge in [0.1, 0.15) is 0 Å². The van der Waals surface area contributed by atoms with Crippen molar-refractivity contribution in [1.29, 1.82) is 0 Å². The van der Waals surface area contributed by atoms with E-state index in [1.54, 1.807) is 11.8 Å². The van der Waals surface area contributed by atoms with Crippen LogP contribution in [0.15, 0.2) is 24.3 Å². The Kier molecular flexibility index (Phi) is 10.7. The van der Waals surface area contributed by atoms with Gasteiger partial charge in [-0.3, -0.25) is 19.7 Å². The number of unbranched alkanes of at least 4 members (excludes halogenated alkanes) is 1. The molecule has 1 amide bonds. The van der Waals surface area contributed by atoms with Gasteiger partial charge >= 0.3 is 5.97 Å². The van der Waals surface area contributed by atoms with E-state index < -0.39 is 4.92 Å². The van der Waals surface area contributed by atoms with Crippen LogP contribution in [-0.2, 0) is 14.3 Å². The lowest BCUT2D eigenvalue weighted by Gasteiger charge is -2.22. The molecule has 0 radical (unpaired) electrons. The Morgan fingerprint density at radius 2 is 1.74 bits per heavy atom. The van der Waals surface area contributed by atoms with Crippen molar-refractivity contribution < 1.29 is 24.0 Å². The molecule has 150 valence electrons. The molecule has 8 nitrogen and oxygen atoms in total. The fourth-order valence-corrected chi connectivity index (χ4v) is 2.39. The van der Waals surface area contributed by atoms with E-state index >= 15 is 0 Å². The normalized spacial score (nSPS) is 10.4. The summed E-state index contributed by atoms with van der Waals surface area (Å²) < 4.78 is 10.4. The first-order chi connectivity index (χ1) is 13.0. The van der Waals surface area contributed by atoms with Crippen molar-refractivity contribution in [3.8, 4) is 0 Å². The van der Waals surface area contributed by atoms with Crippen molar-refractivity contribution in [2.24, 2.45) is 0 Å². The van der Waals surface area contributed by atoms with Crippen molar-refractivity contribution in [2.75, 3.05) is 32.9 Å². The van der Waals surface area contributed by atoms with Crippen LogP contribution in [0, 0.1) is 10.1 Å². The summed E-state index contributed by atoms with van der Waals surface area (Å²) in [5, 5.41) is 10.7. The number of nitro groups is 1. The Labute approximate surface area is 159 Å². The second kappa shape index (κ2) is 12.8. The second-order valence-corrected chi connectivity index (χ2v) is 5.97. The van der Waals surface area contributed by atoms with Gasteiger partial charge in [-0.25, -0.2) is 0 Å². The Morgan fingerprint density at radius 3 is 2.33 bits per heavy atom. The van der Waals surface area contributed by atoms with Crippen molar-refractivity contribution in [1.82, 2.24) is 4.90 Å². The number of rotatable bonds is 13. The number of esters is 1. The van der Waals surface area contributed by atoms with Crippen LogP contribution in [0.5, 0.6) is 0 Å². The number of nitro benzene ring substituents is 1. The first kappa shape index (κ1) is 22.6. The number of carbonyl (C=O) groups excluding carboxylic acids is 2. The summed E-state index contributed by atoms with van der Waals surface area (Å²) in [4.78, 5) is 36.1. The van der Waals surface area contributed by atoms with Gasteiger partial charge in [0, 0.05) is 44.0 Å². The molecule has 0 saturated carbocycles.